The monoisotopic (exact) mass is 304 g/mol. The smallest absolute Gasteiger partial charge is 0.261 e. The summed E-state index contributed by atoms with van der Waals surface area (Å²) in [5.74, 6) is -0.00650. The lowest BCUT2D eigenvalue weighted by Crippen LogP contribution is -2.14. The van der Waals surface area contributed by atoms with E-state index >= 15 is 0 Å². The van der Waals surface area contributed by atoms with Crippen molar-refractivity contribution in [3.05, 3.63) is 47.5 Å². The molecule has 21 heavy (non-hydrogen) atoms. The van der Waals surface area contributed by atoms with Crippen LogP contribution in [0.1, 0.15) is 17.5 Å². The van der Waals surface area contributed by atoms with Crippen LogP contribution in [0.15, 0.2) is 41.3 Å². The van der Waals surface area contributed by atoms with Crippen LogP contribution in [0.5, 0.6) is 5.75 Å². The number of benzene rings is 2. The van der Waals surface area contributed by atoms with Crippen molar-refractivity contribution in [2.75, 3.05) is 10.5 Å². The van der Waals surface area contributed by atoms with E-state index in [9.17, 15) is 13.5 Å². The van der Waals surface area contributed by atoms with Gasteiger partial charge in [0.2, 0.25) is 0 Å². The molecule has 0 saturated heterocycles. The zero-order valence-corrected chi connectivity index (χ0v) is 12.2. The van der Waals surface area contributed by atoms with Crippen LogP contribution in [0.3, 0.4) is 0 Å². The number of sulfonamides is 1. The van der Waals surface area contributed by atoms with Gasteiger partial charge in [-0.3, -0.25) is 4.72 Å². The van der Waals surface area contributed by atoms with E-state index in [4.69, 9.17) is 5.73 Å². The molecule has 0 aromatic heterocycles. The number of hydrogen-bond acceptors (Lipinski definition) is 4. The molecule has 3 rings (SSSR count). The minimum Gasteiger partial charge on any atom is -0.508 e. The first kappa shape index (κ1) is 13.8. The molecule has 1 aliphatic rings. The Kier molecular flexibility index (Phi) is 3.25. The highest BCUT2D eigenvalue weighted by atomic mass is 32.2. The summed E-state index contributed by atoms with van der Waals surface area (Å²) < 4.78 is 27.3. The standard InChI is InChI=1S/C15H16N2O3S/c16-14-9-12(18)5-7-15(14)17-21(19,20)13-6-4-10-2-1-3-11(10)8-13/h4-9,17-18H,1-3,16H2. The fourth-order valence-electron chi connectivity index (χ4n) is 2.56. The predicted molar refractivity (Wildman–Crippen MR) is 81.8 cm³/mol. The number of aryl methyl sites for hydroxylation is 2. The third-order valence-corrected chi connectivity index (χ3v) is 5.02. The Morgan fingerprint density at radius 2 is 1.81 bits per heavy atom. The van der Waals surface area contributed by atoms with Crippen LogP contribution in [-0.2, 0) is 22.9 Å². The van der Waals surface area contributed by atoms with Crippen molar-refractivity contribution in [2.24, 2.45) is 0 Å². The summed E-state index contributed by atoms with van der Waals surface area (Å²) in [6.07, 6.45) is 2.99. The van der Waals surface area contributed by atoms with Gasteiger partial charge in [0.15, 0.2) is 0 Å². The van der Waals surface area contributed by atoms with Crippen molar-refractivity contribution in [2.45, 2.75) is 24.2 Å². The third-order valence-electron chi connectivity index (χ3n) is 3.66. The lowest BCUT2D eigenvalue weighted by Gasteiger charge is -2.11. The third kappa shape index (κ3) is 2.67. The van der Waals surface area contributed by atoms with Crippen LogP contribution >= 0.6 is 0 Å². The largest absolute Gasteiger partial charge is 0.508 e. The highest BCUT2D eigenvalue weighted by Crippen LogP contribution is 2.28. The molecule has 2 aromatic carbocycles. The molecule has 4 N–H and O–H groups in total. The quantitative estimate of drug-likeness (QED) is 0.599. The molecule has 0 bridgehead atoms. The molecule has 2 aromatic rings. The van der Waals surface area contributed by atoms with Crippen LogP contribution in [0.25, 0.3) is 0 Å². The van der Waals surface area contributed by atoms with E-state index in [1.54, 1.807) is 12.1 Å². The molecule has 0 amide bonds. The Hall–Kier alpha value is -2.21. The summed E-state index contributed by atoms with van der Waals surface area (Å²) in [5.41, 5.74) is 8.46. The summed E-state index contributed by atoms with van der Waals surface area (Å²) in [5, 5.41) is 9.30. The molecule has 110 valence electrons. The maximum absolute atomic E-state index is 12.4. The van der Waals surface area contributed by atoms with Gasteiger partial charge < -0.3 is 10.8 Å². The molecule has 0 aliphatic heterocycles. The molecule has 0 fully saturated rings. The molecule has 0 heterocycles. The maximum atomic E-state index is 12.4. The molecule has 0 atom stereocenters. The van der Waals surface area contributed by atoms with E-state index in [2.05, 4.69) is 4.72 Å². The maximum Gasteiger partial charge on any atom is 0.261 e. The van der Waals surface area contributed by atoms with E-state index in [1.807, 2.05) is 6.07 Å². The molecular weight excluding hydrogens is 288 g/mol. The number of phenols is 1. The minimum atomic E-state index is -3.68. The molecule has 0 unspecified atom stereocenters. The zero-order valence-electron chi connectivity index (χ0n) is 11.3. The second kappa shape index (κ2) is 4.96. The number of fused-ring (bicyclic) bond motifs is 1. The Morgan fingerprint density at radius 3 is 2.57 bits per heavy atom. The summed E-state index contributed by atoms with van der Waals surface area (Å²) in [6.45, 7) is 0. The molecule has 0 radical (unpaired) electrons. The van der Waals surface area contributed by atoms with Gasteiger partial charge in [0.25, 0.3) is 10.0 Å². The van der Waals surface area contributed by atoms with Gasteiger partial charge in [-0.25, -0.2) is 8.42 Å². The van der Waals surface area contributed by atoms with E-state index in [0.29, 0.717) is 0 Å². The van der Waals surface area contributed by atoms with Crippen molar-refractivity contribution in [3.8, 4) is 5.75 Å². The van der Waals surface area contributed by atoms with Gasteiger partial charge in [-0.05, 0) is 54.7 Å². The van der Waals surface area contributed by atoms with Crippen molar-refractivity contribution >= 4 is 21.4 Å². The van der Waals surface area contributed by atoms with E-state index in [-0.39, 0.29) is 22.0 Å². The minimum absolute atomic E-state index is 0.00650. The molecular formula is C15H16N2O3S. The van der Waals surface area contributed by atoms with Crippen molar-refractivity contribution in [1.29, 1.82) is 0 Å². The lowest BCUT2D eigenvalue weighted by molar-refractivity contribution is 0.475. The Bertz CT molecular complexity index is 801. The van der Waals surface area contributed by atoms with Gasteiger partial charge in [-0.15, -0.1) is 0 Å². The first-order chi connectivity index (χ1) is 9.95. The number of nitrogens with two attached hydrogens (primary N) is 1. The average molecular weight is 304 g/mol. The molecule has 1 aliphatic carbocycles. The zero-order chi connectivity index (χ0) is 15.0. The number of aromatic hydroxyl groups is 1. The Labute approximate surface area is 123 Å². The van der Waals surface area contributed by atoms with Crippen LogP contribution in [-0.4, -0.2) is 13.5 Å². The number of rotatable bonds is 3. The number of anilines is 2. The van der Waals surface area contributed by atoms with Crippen LogP contribution < -0.4 is 10.5 Å². The van der Waals surface area contributed by atoms with Crippen molar-refractivity contribution in [3.63, 3.8) is 0 Å². The second-order valence-electron chi connectivity index (χ2n) is 5.16. The fourth-order valence-corrected chi connectivity index (χ4v) is 3.70. The van der Waals surface area contributed by atoms with Crippen molar-refractivity contribution < 1.29 is 13.5 Å². The van der Waals surface area contributed by atoms with Gasteiger partial charge in [-0.2, -0.15) is 0 Å². The first-order valence-corrected chi connectivity index (χ1v) is 8.17. The fraction of sp³-hybridized carbons (Fsp3) is 0.200. The van der Waals surface area contributed by atoms with Crippen molar-refractivity contribution in [1.82, 2.24) is 0 Å². The molecule has 5 nitrogen and oxygen atoms in total. The lowest BCUT2D eigenvalue weighted by atomic mass is 10.1. The Morgan fingerprint density at radius 1 is 1.05 bits per heavy atom. The summed E-state index contributed by atoms with van der Waals surface area (Å²) in [4.78, 5) is 0.232. The average Bonchev–Trinajstić information content (AvgIpc) is 2.89. The predicted octanol–water partition coefficient (Wildman–Crippen LogP) is 2.26. The van der Waals surface area contributed by atoms with Gasteiger partial charge in [0.05, 0.1) is 16.3 Å². The second-order valence-corrected chi connectivity index (χ2v) is 6.84. The van der Waals surface area contributed by atoms with Crippen LogP contribution in [0.4, 0.5) is 11.4 Å². The number of phenolic OH excluding ortho intramolecular Hbond substituents is 1. The van der Waals surface area contributed by atoms with Gasteiger partial charge in [0, 0.05) is 6.07 Å². The van der Waals surface area contributed by atoms with E-state index in [1.165, 1.54) is 23.8 Å². The van der Waals surface area contributed by atoms with E-state index < -0.39 is 10.0 Å². The topological polar surface area (TPSA) is 92.4 Å². The Balaban J connectivity index is 1.93. The number of nitrogen functional groups attached to an aromatic ring is 1. The van der Waals surface area contributed by atoms with Gasteiger partial charge in [0.1, 0.15) is 5.75 Å². The van der Waals surface area contributed by atoms with E-state index in [0.717, 1.165) is 24.8 Å². The van der Waals surface area contributed by atoms with Gasteiger partial charge in [-0.1, -0.05) is 6.07 Å². The SMILES string of the molecule is Nc1cc(O)ccc1NS(=O)(=O)c1ccc2c(c1)CCC2. The normalized spacial score (nSPS) is 13.9. The summed E-state index contributed by atoms with van der Waals surface area (Å²) in [7, 11) is -3.68. The molecule has 0 saturated carbocycles. The van der Waals surface area contributed by atoms with Crippen LogP contribution in [0, 0.1) is 0 Å². The molecule has 0 spiro atoms. The number of hydrogen-bond donors (Lipinski definition) is 3. The van der Waals surface area contributed by atoms with Crippen LogP contribution in [0.2, 0.25) is 0 Å². The first-order valence-electron chi connectivity index (χ1n) is 6.69. The number of nitrogens with one attached hydrogen (secondary N) is 1. The summed E-state index contributed by atoms with van der Waals surface area (Å²) in [6, 6.07) is 9.34. The van der Waals surface area contributed by atoms with Gasteiger partial charge >= 0.3 is 0 Å². The summed E-state index contributed by atoms with van der Waals surface area (Å²) >= 11 is 0. The molecule has 6 heteroatoms. The highest BCUT2D eigenvalue weighted by Gasteiger charge is 2.19. The highest BCUT2D eigenvalue weighted by molar-refractivity contribution is 7.92.